The van der Waals surface area contributed by atoms with Gasteiger partial charge in [0.25, 0.3) is 0 Å². The van der Waals surface area contributed by atoms with Crippen molar-refractivity contribution in [2.45, 2.75) is 13.3 Å². The molecule has 1 saturated heterocycles. The average Bonchev–Trinajstić information content (AvgIpc) is 2.82. The molecule has 0 aliphatic carbocycles. The van der Waals surface area contributed by atoms with E-state index in [4.69, 9.17) is 15.5 Å². The molecule has 32 heavy (non-hydrogen) atoms. The predicted molar refractivity (Wildman–Crippen MR) is 126 cm³/mol. The van der Waals surface area contributed by atoms with Gasteiger partial charge in [0.15, 0.2) is 5.96 Å². The van der Waals surface area contributed by atoms with Gasteiger partial charge in [-0.3, -0.25) is 9.79 Å². The zero-order valence-electron chi connectivity index (χ0n) is 18.8. The summed E-state index contributed by atoms with van der Waals surface area (Å²) in [6.45, 7) is 6.41. The Hall–Kier alpha value is -3.29. The van der Waals surface area contributed by atoms with Crippen molar-refractivity contribution in [3.05, 3.63) is 59.9 Å². The van der Waals surface area contributed by atoms with Crippen LogP contribution in [0.5, 0.6) is 5.75 Å². The molecule has 0 bridgehead atoms. The van der Waals surface area contributed by atoms with E-state index in [1.54, 1.807) is 19.2 Å². The molecule has 3 rings (SSSR count). The summed E-state index contributed by atoms with van der Waals surface area (Å²) in [5.41, 5.74) is 7.66. The number of guanidine groups is 1. The summed E-state index contributed by atoms with van der Waals surface area (Å²) < 4.78 is 18.4. The number of methoxy groups -OCH3 is 1. The second kappa shape index (κ2) is 11.4. The number of halogens is 1. The van der Waals surface area contributed by atoms with E-state index in [1.807, 2.05) is 19.1 Å². The molecule has 1 aliphatic rings. The van der Waals surface area contributed by atoms with E-state index in [0.29, 0.717) is 6.42 Å². The van der Waals surface area contributed by atoms with Gasteiger partial charge in [0.05, 0.1) is 19.6 Å². The van der Waals surface area contributed by atoms with Gasteiger partial charge >= 0.3 is 0 Å². The van der Waals surface area contributed by atoms with Crippen molar-refractivity contribution in [1.82, 2.24) is 10.2 Å². The smallest absolute Gasteiger partial charge is 0.222 e. The van der Waals surface area contributed by atoms with Crippen molar-refractivity contribution in [2.75, 3.05) is 51.3 Å². The summed E-state index contributed by atoms with van der Waals surface area (Å²) in [6.07, 6.45) is 0.434. The summed E-state index contributed by atoms with van der Waals surface area (Å²) in [4.78, 5) is 21.2. The highest BCUT2D eigenvalue weighted by Crippen LogP contribution is 2.20. The van der Waals surface area contributed by atoms with E-state index in [2.05, 4.69) is 27.2 Å². The van der Waals surface area contributed by atoms with Crippen molar-refractivity contribution >= 4 is 17.6 Å². The van der Waals surface area contributed by atoms with Gasteiger partial charge in [-0.15, -0.1) is 0 Å². The van der Waals surface area contributed by atoms with Gasteiger partial charge in [0.2, 0.25) is 5.91 Å². The Morgan fingerprint density at radius 2 is 1.78 bits per heavy atom. The molecule has 0 saturated carbocycles. The first-order valence-corrected chi connectivity index (χ1v) is 11.0. The summed E-state index contributed by atoms with van der Waals surface area (Å²) in [6, 6.07) is 14.2. The van der Waals surface area contributed by atoms with Gasteiger partial charge < -0.3 is 25.6 Å². The SMILES string of the molecule is CCNC(=NCC(Cc1ccc(F)cc1)C(N)=O)N1CCN(c2ccc(OC)cc2)CC1. The number of rotatable bonds is 8. The van der Waals surface area contributed by atoms with E-state index in [-0.39, 0.29) is 12.4 Å². The summed E-state index contributed by atoms with van der Waals surface area (Å²) in [5.74, 6) is 0.476. The summed E-state index contributed by atoms with van der Waals surface area (Å²) in [7, 11) is 1.66. The van der Waals surface area contributed by atoms with E-state index in [1.165, 1.54) is 17.8 Å². The lowest BCUT2D eigenvalue weighted by Gasteiger charge is -2.37. The Morgan fingerprint density at radius 3 is 2.34 bits per heavy atom. The minimum absolute atomic E-state index is 0.285. The highest BCUT2D eigenvalue weighted by Gasteiger charge is 2.21. The third-order valence-electron chi connectivity index (χ3n) is 5.61. The molecule has 1 fully saturated rings. The molecule has 2 aromatic rings. The second-order valence-corrected chi connectivity index (χ2v) is 7.80. The van der Waals surface area contributed by atoms with Crippen LogP contribution in [0.3, 0.4) is 0 Å². The monoisotopic (exact) mass is 441 g/mol. The quantitative estimate of drug-likeness (QED) is 0.485. The fraction of sp³-hybridized carbons (Fsp3) is 0.417. The van der Waals surface area contributed by atoms with Crippen LogP contribution in [-0.4, -0.2) is 63.1 Å². The molecule has 2 aromatic carbocycles. The number of anilines is 1. The van der Waals surface area contributed by atoms with Crippen LogP contribution < -0.4 is 20.7 Å². The van der Waals surface area contributed by atoms with Crippen LogP contribution in [0.25, 0.3) is 0 Å². The number of nitrogens with two attached hydrogens (primary N) is 1. The topological polar surface area (TPSA) is 83.2 Å². The van der Waals surface area contributed by atoms with Crippen LogP contribution in [0.15, 0.2) is 53.5 Å². The molecule has 1 aliphatic heterocycles. The molecule has 1 atom stereocenters. The summed E-state index contributed by atoms with van der Waals surface area (Å²) in [5, 5.41) is 3.33. The standard InChI is InChI=1S/C24H32FN5O2/c1-3-27-24(28-17-19(23(26)31)16-18-4-6-20(25)7-5-18)30-14-12-29(13-15-30)21-8-10-22(32-2)11-9-21/h4-11,19H,3,12-17H2,1-2H3,(H2,26,31)(H,27,28). The molecular weight excluding hydrogens is 409 g/mol. The molecule has 172 valence electrons. The molecule has 0 aromatic heterocycles. The minimum Gasteiger partial charge on any atom is -0.497 e. The number of hydrogen-bond donors (Lipinski definition) is 2. The Balaban J connectivity index is 1.61. The number of aliphatic imine (C=N–C) groups is 1. The van der Waals surface area contributed by atoms with E-state index in [9.17, 15) is 9.18 Å². The number of carbonyl (C=O) groups is 1. The first-order chi connectivity index (χ1) is 15.5. The largest absolute Gasteiger partial charge is 0.497 e. The van der Waals surface area contributed by atoms with Crippen LogP contribution in [-0.2, 0) is 11.2 Å². The number of piperazine rings is 1. The normalized spacial score (nSPS) is 15.4. The number of primary amides is 1. The third-order valence-corrected chi connectivity index (χ3v) is 5.61. The van der Waals surface area contributed by atoms with Crippen LogP contribution in [0.1, 0.15) is 12.5 Å². The Morgan fingerprint density at radius 1 is 1.12 bits per heavy atom. The van der Waals surface area contributed by atoms with E-state index >= 15 is 0 Å². The Labute approximate surface area is 189 Å². The van der Waals surface area contributed by atoms with Gasteiger partial charge in [-0.05, 0) is 55.3 Å². The molecule has 1 heterocycles. The second-order valence-electron chi connectivity index (χ2n) is 7.80. The number of hydrogen-bond acceptors (Lipinski definition) is 4. The Kier molecular flexibility index (Phi) is 8.30. The zero-order valence-corrected chi connectivity index (χ0v) is 18.8. The van der Waals surface area contributed by atoms with Gasteiger partial charge in [0.1, 0.15) is 11.6 Å². The van der Waals surface area contributed by atoms with Crippen molar-refractivity contribution in [3.63, 3.8) is 0 Å². The number of benzene rings is 2. The molecule has 0 spiro atoms. The van der Waals surface area contributed by atoms with Gasteiger partial charge in [-0.1, -0.05) is 12.1 Å². The molecule has 1 unspecified atom stereocenters. The molecule has 8 heteroatoms. The van der Waals surface area contributed by atoms with E-state index < -0.39 is 11.8 Å². The van der Waals surface area contributed by atoms with Gasteiger partial charge in [0, 0.05) is 38.4 Å². The number of ether oxygens (including phenoxy) is 1. The van der Waals surface area contributed by atoms with Crippen LogP contribution in [0, 0.1) is 11.7 Å². The maximum Gasteiger partial charge on any atom is 0.222 e. The molecule has 7 nitrogen and oxygen atoms in total. The van der Waals surface area contributed by atoms with Crippen molar-refractivity contribution in [1.29, 1.82) is 0 Å². The molecular formula is C24H32FN5O2. The predicted octanol–water partition coefficient (Wildman–Crippen LogP) is 2.27. The maximum absolute atomic E-state index is 13.2. The fourth-order valence-corrected chi connectivity index (χ4v) is 3.75. The fourth-order valence-electron chi connectivity index (χ4n) is 3.75. The first kappa shape index (κ1) is 23.4. The highest BCUT2D eigenvalue weighted by molar-refractivity contribution is 5.81. The molecule has 0 radical (unpaired) electrons. The van der Waals surface area contributed by atoms with E-state index in [0.717, 1.165) is 50.0 Å². The van der Waals surface area contributed by atoms with Crippen molar-refractivity contribution < 1.29 is 13.9 Å². The van der Waals surface area contributed by atoms with Crippen molar-refractivity contribution in [2.24, 2.45) is 16.6 Å². The maximum atomic E-state index is 13.2. The van der Waals surface area contributed by atoms with Crippen LogP contribution in [0.4, 0.5) is 10.1 Å². The van der Waals surface area contributed by atoms with Crippen LogP contribution >= 0.6 is 0 Å². The average molecular weight is 442 g/mol. The Bertz CT molecular complexity index is 894. The number of nitrogens with zero attached hydrogens (tertiary/aromatic N) is 3. The zero-order chi connectivity index (χ0) is 22.9. The first-order valence-electron chi connectivity index (χ1n) is 11.0. The van der Waals surface area contributed by atoms with Gasteiger partial charge in [-0.25, -0.2) is 4.39 Å². The molecule has 3 N–H and O–H groups in total. The lowest BCUT2D eigenvalue weighted by molar-refractivity contribution is -0.121. The highest BCUT2D eigenvalue weighted by atomic mass is 19.1. The lowest BCUT2D eigenvalue weighted by atomic mass is 9.99. The number of carbonyl (C=O) groups excluding carboxylic acids is 1. The van der Waals surface area contributed by atoms with Crippen LogP contribution in [0.2, 0.25) is 0 Å². The minimum atomic E-state index is -0.449. The van der Waals surface area contributed by atoms with Crippen molar-refractivity contribution in [3.8, 4) is 5.75 Å². The number of amides is 1. The third kappa shape index (κ3) is 6.35. The number of nitrogens with one attached hydrogen (secondary N) is 1. The molecule has 1 amide bonds. The lowest BCUT2D eigenvalue weighted by Crippen LogP contribution is -2.52. The summed E-state index contributed by atoms with van der Waals surface area (Å²) >= 11 is 0. The van der Waals surface area contributed by atoms with Gasteiger partial charge in [-0.2, -0.15) is 0 Å².